The molecule has 0 aromatic heterocycles. The number of nitrogens with zero attached hydrogens (tertiary/aromatic N) is 1. The normalized spacial score (nSPS) is 9.33. The van der Waals surface area contributed by atoms with Crippen LogP contribution in [0, 0.1) is 5.92 Å². The molecule has 7 N–H and O–H groups in total. The maximum atomic E-state index is 10.4. The number of hydrogen-bond donors (Lipinski definition) is 3. The quantitative estimate of drug-likeness (QED) is 0.193. The molecule has 0 aliphatic rings. The zero-order valence-corrected chi connectivity index (χ0v) is 14.6. The van der Waals surface area contributed by atoms with E-state index in [1.165, 1.54) is 0 Å². The minimum atomic E-state index is -3.04. The zero-order valence-electron chi connectivity index (χ0n) is 11.4. The van der Waals surface area contributed by atoms with Gasteiger partial charge in [-0.15, -0.1) is 0 Å². The van der Waals surface area contributed by atoms with Crippen LogP contribution < -0.4 is 4.89 Å². The van der Waals surface area contributed by atoms with E-state index in [4.69, 9.17) is 24.9 Å². The van der Waals surface area contributed by atoms with Gasteiger partial charge in [0.05, 0.1) is 0 Å². The zero-order chi connectivity index (χ0) is 14.7. The molecule has 0 aromatic rings. The van der Waals surface area contributed by atoms with Crippen molar-refractivity contribution in [2.24, 2.45) is 5.92 Å². The number of carboxylic acid groups (broad SMARTS) is 2. The summed E-state index contributed by atoms with van der Waals surface area (Å²) in [5, 5.41) is 24.1. The van der Waals surface area contributed by atoms with Crippen LogP contribution in [0.5, 0.6) is 0 Å². The predicted molar refractivity (Wildman–Crippen MR) is 70.6 cm³/mol. The molecule has 11 nitrogen and oxygen atoms in total. The molecule has 1 atom stereocenters. The molecule has 0 heterocycles. The van der Waals surface area contributed by atoms with E-state index in [1.807, 2.05) is 19.0 Å². The first kappa shape index (κ1) is 32.4. The summed E-state index contributed by atoms with van der Waals surface area (Å²) in [6.45, 7) is 0.705. The van der Waals surface area contributed by atoms with E-state index in [2.05, 4.69) is 4.67 Å². The van der Waals surface area contributed by atoms with E-state index in [-0.39, 0.29) is 41.2 Å². The van der Waals surface area contributed by atoms with E-state index in [0.717, 1.165) is 0 Å². The van der Waals surface area contributed by atoms with Crippen LogP contribution in [0.2, 0.25) is 0 Å². The molecule has 0 saturated heterocycles. The van der Waals surface area contributed by atoms with Crippen molar-refractivity contribution >= 4 is 20.2 Å². The topological polar surface area (TPSA) is 214 Å². The number of carboxylic acids is 2. The van der Waals surface area contributed by atoms with Crippen molar-refractivity contribution < 1.29 is 61.7 Å². The van der Waals surface area contributed by atoms with E-state index < -0.39 is 26.1 Å². The first-order chi connectivity index (χ1) is 8.22. The van der Waals surface area contributed by atoms with Crippen LogP contribution >= 0.6 is 8.25 Å². The summed E-state index contributed by atoms with van der Waals surface area (Å²) in [6.07, 6.45) is 0.763. The monoisotopic (exact) mass is 514 g/mol. The minimum Gasteiger partial charge on any atom is -0.693 e. The summed E-state index contributed by atoms with van der Waals surface area (Å²) >= 11 is 0. The summed E-state index contributed by atoms with van der Waals surface area (Å²) in [5.41, 5.74) is 0. The maximum Gasteiger partial charge on any atom is 2.00 e. The second-order valence-corrected chi connectivity index (χ2v) is 4.09. The van der Waals surface area contributed by atoms with Crippen molar-refractivity contribution in [2.75, 3.05) is 20.6 Å². The summed E-state index contributed by atoms with van der Waals surface area (Å²) in [6, 6.07) is 0. The third kappa shape index (κ3) is 24.8. The Kier molecular flexibility index (Phi) is 30.1. The van der Waals surface area contributed by atoms with Gasteiger partial charge in [-0.3, -0.25) is 9.59 Å². The molecule has 0 aromatic carbocycles. The van der Waals surface area contributed by atoms with Gasteiger partial charge < -0.3 is 32.3 Å². The Morgan fingerprint density at radius 1 is 1.29 bits per heavy atom. The van der Waals surface area contributed by atoms with Crippen molar-refractivity contribution in [3.63, 3.8) is 0 Å². The SMILES string of the molecule is CN(C)CCCC(C(=O)O)C(=O)O.O=[P+]([O-])OO.[HH].[NH2-].[NH2-].[Pt+2]. The van der Waals surface area contributed by atoms with Gasteiger partial charge in [-0.1, -0.05) is 0 Å². The summed E-state index contributed by atoms with van der Waals surface area (Å²) in [4.78, 5) is 31.7. The second kappa shape index (κ2) is 19.5. The molecule has 0 aliphatic carbocycles. The third-order valence-corrected chi connectivity index (χ3v) is 1.89. The molecule has 0 spiro atoms. The average molecular weight is 514 g/mol. The first-order valence-corrected chi connectivity index (χ1v) is 5.88. The molecule has 0 aliphatic heterocycles. The van der Waals surface area contributed by atoms with Gasteiger partial charge in [0.1, 0.15) is 0 Å². The molecule has 0 radical (unpaired) electrons. The first-order valence-electron chi connectivity index (χ1n) is 4.78. The molecule has 1 unspecified atom stereocenters. The van der Waals surface area contributed by atoms with Crippen molar-refractivity contribution in [1.29, 1.82) is 0 Å². The van der Waals surface area contributed by atoms with E-state index in [1.54, 1.807) is 0 Å². The summed E-state index contributed by atoms with van der Waals surface area (Å²) in [5.74, 6) is -3.78. The van der Waals surface area contributed by atoms with E-state index >= 15 is 0 Å². The van der Waals surface area contributed by atoms with Crippen molar-refractivity contribution in [3.8, 4) is 0 Å². The Hall–Kier alpha value is -0.512. The molecule has 0 fully saturated rings. The molecule has 132 valence electrons. The van der Waals surface area contributed by atoms with Gasteiger partial charge in [0.15, 0.2) is 5.92 Å². The third-order valence-electron chi connectivity index (χ3n) is 1.76. The number of aliphatic carboxylic acids is 2. The van der Waals surface area contributed by atoms with Gasteiger partial charge in [-0.2, -0.15) is 0 Å². The predicted octanol–water partition coefficient (Wildman–Crippen LogP) is 1.28. The molecule has 0 amide bonds. The van der Waals surface area contributed by atoms with Crippen LogP contribution in [-0.4, -0.2) is 52.9 Å². The Balaban J connectivity index is -0.0000000627. The number of rotatable bonds is 7. The molecule has 0 rings (SSSR count). The second-order valence-electron chi connectivity index (χ2n) is 3.48. The van der Waals surface area contributed by atoms with Gasteiger partial charge in [0.2, 0.25) is 0 Å². The van der Waals surface area contributed by atoms with Crippen molar-refractivity contribution in [3.05, 3.63) is 12.3 Å². The summed E-state index contributed by atoms with van der Waals surface area (Å²) in [7, 11) is 0.673. The van der Waals surface area contributed by atoms with Crippen molar-refractivity contribution in [2.45, 2.75) is 12.8 Å². The Bertz CT molecular complexity index is 287. The molecule has 0 saturated carbocycles. The van der Waals surface area contributed by atoms with Crippen LogP contribution in [-0.2, 0) is 39.9 Å². The molecule has 21 heavy (non-hydrogen) atoms. The van der Waals surface area contributed by atoms with Crippen LogP contribution in [0.15, 0.2) is 0 Å². The van der Waals surface area contributed by atoms with Gasteiger partial charge in [-0.25, -0.2) is 5.26 Å². The van der Waals surface area contributed by atoms with Crippen LogP contribution in [0.3, 0.4) is 0 Å². The Morgan fingerprint density at radius 2 is 1.62 bits per heavy atom. The largest absolute Gasteiger partial charge is 2.00 e. The number of nitrogens with two attached hydrogens (primary N) is 2. The fourth-order valence-electron chi connectivity index (χ4n) is 0.964. The molecule has 13 heteroatoms. The van der Waals surface area contributed by atoms with E-state index in [0.29, 0.717) is 13.0 Å². The standard InChI is InChI=1S/C8H15NO4.2H2N.HO4P.Pt.H2/c1-9(2)5-3-4-6(7(10)11)8(12)13;;;1-4-5(2)3;;/h6H,3-5H2,1-2H3,(H,10,11)(H,12,13);2*1H2;1H;;1H/q;2*-1;;+2;. The van der Waals surface area contributed by atoms with E-state index in [9.17, 15) is 9.59 Å². The fraction of sp³-hybridized carbons (Fsp3) is 0.750. The smallest absolute Gasteiger partial charge is 0.693 e. The minimum absolute atomic E-state index is 0. The fourth-order valence-corrected chi connectivity index (χ4v) is 0.964. The molecular weight excluding hydrogens is 492 g/mol. The van der Waals surface area contributed by atoms with Crippen LogP contribution in [0.4, 0.5) is 0 Å². The van der Waals surface area contributed by atoms with Crippen LogP contribution in [0.1, 0.15) is 14.3 Å². The number of hydrogen-bond acceptors (Lipinski definition) is 7. The van der Waals surface area contributed by atoms with Gasteiger partial charge in [0.25, 0.3) is 0 Å². The van der Waals surface area contributed by atoms with Crippen molar-refractivity contribution in [1.82, 2.24) is 4.90 Å². The molecular formula is C8H22N3O8PPt. The average Bonchev–Trinajstić information content (AvgIpc) is 2.23. The maximum absolute atomic E-state index is 10.4. The number of carbonyl (C=O) groups is 2. The molecule has 0 bridgehead atoms. The van der Waals surface area contributed by atoms with Gasteiger partial charge in [0, 0.05) is 6.10 Å². The van der Waals surface area contributed by atoms with Gasteiger partial charge >= 0.3 is 41.3 Å². The Labute approximate surface area is 139 Å². The van der Waals surface area contributed by atoms with Crippen LogP contribution in [0.25, 0.3) is 12.3 Å². The van der Waals surface area contributed by atoms with Gasteiger partial charge in [-0.05, 0) is 38.0 Å². The Morgan fingerprint density at radius 3 is 1.81 bits per heavy atom. The summed E-state index contributed by atoms with van der Waals surface area (Å²) < 4.78 is 11.6.